The van der Waals surface area contributed by atoms with Crippen LogP contribution < -0.4 is 4.90 Å². The number of ether oxygens (including phenoxy) is 1. The van der Waals surface area contributed by atoms with Gasteiger partial charge >= 0.3 is 0 Å². The molecule has 0 amide bonds. The standard InChI is InChI=1S/C7H12N4O/c1-10-7(8-6-9-10)11-2-4-12-5-3-11/h6H,2-5H2,1H3. The predicted octanol–water partition coefficient (Wildman–Crippen LogP) is -0.348. The minimum atomic E-state index is 0.785. The van der Waals surface area contributed by atoms with Crippen molar-refractivity contribution in [2.45, 2.75) is 0 Å². The van der Waals surface area contributed by atoms with E-state index in [9.17, 15) is 0 Å². The van der Waals surface area contributed by atoms with Gasteiger partial charge in [0.2, 0.25) is 5.95 Å². The molecule has 0 radical (unpaired) electrons. The lowest BCUT2D eigenvalue weighted by Crippen LogP contribution is -2.37. The Hall–Kier alpha value is -1.10. The fraction of sp³-hybridized carbons (Fsp3) is 0.714. The Kier molecular flexibility index (Phi) is 1.95. The van der Waals surface area contributed by atoms with Gasteiger partial charge in [0.25, 0.3) is 0 Å². The summed E-state index contributed by atoms with van der Waals surface area (Å²) in [5.41, 5.74) is 0. The summed E-state index contributed by atoms with van der Waals surface area (Å²) in [6.07, 6.45) is 1.57. The average molecular weight is 168 g/mol. The molecule has 2 rings (SSSR count). The van der Waals surface area contributed by atoms with Crippen LogP contribution in [0.1, 0.15) is 0 Å². The quantitative estimate of drug-likeness (QED) is 0.575. The van der Waals surface area contributed by atoms with Crippen LogP contribution in [0.4, 0.5) is 5.95 Å². The highest BCUT2D eigenvalue weighted by atomic mass is 16.5. The van der Waals surface area contributed by atoms with Gasteiger partial charge in [-0.1, -0.05) is 0 Å². The van der Waals surface area contributed by atoms with Gasteiger partial charge in [0.1, 0.15) is 6.33 Å². The number of anilines is 1. The summed E-state index contributed by atoms with van der Waals surface area (Å²) >= 11 is 0. The second-order valence-corrected chi connectivity index (χ2v) is 2.78. The van der Waals surface area contributed by atoms with E-state index in [1.807, 2.05) is 7.05 Å². The first kappa shape index (κ1) is 7.54. The SMILES string of the molecule is Cn1ncnc1N1CCOCC1. The molecule has 1 saturated heterocycles. The zero-order valence-electron chi connectivity index (χ0n) is 7.10. The van der Waals surface area contributed by atoms with Crippen molar-refractivity contribution in [2.75, 3.05) is 31.2 Å². The van der Waals surface area contributed by atoms with Crippen LogP contribution in [-0.2, 0) is 11.8 Å². The number of rotatable bonds is 1. The molecule has 5 heteroatoms. The average Bonchev–Trinajstić information content (AvgIpc) is 2.53. The van der Waals surface area contributed by atoms with Gasteiger partial charge in [0.15, 0.2) is 0 Å². The Morgan fingerprint density at radius 1 is 1.42 bits per heavy atom. The normalized spacial score (nSPS) is 18.2. The lowest BCUT2D eigenvalue weighted by Gasteiger charge is -2.26. The van der Waals surface area contributed by atoms with E-state index in [-0.39, 0.29) is 0 Å². The van der Waals surface area contributed by atoms with E-state index in [2.05, 4.69) is 15.0 Å². The maximum absolute atomic E-state index is 5.24. The Morgan fingerprint density at radius 3 is 2.75 bits per heavy atom. The van der Waals surface area contributed by atoms with Gasteiger partial charge in [-0.05, 0) is 0 Å². The van der Waals surface area contributed by atoms with E-state index in [4.69, 9.17) is 4.74 Å². The molecule has 0 saturated carbocycles. The van der Waals surface area contributed by atoms with Gasteiger partial charge in [-0.25, -0.2) is 4.68 Å². The van der Waals surface area contributed by atoms with E-state index in [0.717, 1.165) is 32.3 Å². The molecule has 0 unspecified atom stereocenters. The molecule has 66 valence electrons. The molecule has 0 atom stereocenters. The van der Waals surface area contributed by atoms with Crippen LogP contribution in [-0.4, -0.2) is 41.1 Å². The predicted molar refractivity (Wildman–Crippen MR) is 44.0 cm³/mol. The van der Waals surface area contributed by atoms with E-state index in [1.54, 1.807) is 11.0 Å². The largest absolute Gasteiger partial charge is 0.378 e. The first-order chi connectivity index (χ1) is 5.88. The van der Waals surface area contributed by atoms with Gasteiger partial charge in [-0.15, -0.1) is 0 Å². The molecule has 1 aliphatic rings. The van der Waals surface area contributed by atoms with Crippen molar-refractivity contribution in [3.63, 3.8) is 0 Å². The highest BCUT2D eigenvalue weighted by Crippen LogP contribution is 2.09. The number of hydrogen-bond donors (Lipinski definition) is 0. The van der Waals surface area contributed by atoms with Crippen LogP contribution in [0.2, 0.25) is 0 Å². The number of aromatic nitrogens is 3. The Morgan fingerprint density at radius 2 is 2.17 bits per heavy atom. The minimum absolute atomic E-state index is 0.785. The molecule has 12 heavy (non-hydrogen) atoms. The van der Waals surface area contributed by atoms with Crippen LogP contribution in [0, 0.1) is 0 Å². The molecule has 1 aliphatic heterocycles. The molecule has 0 bridgehead atoms. The monoisotopic (exact) mass is 168 g/mol. The molecule has 1 aromatic heterocycles. The summed E-state index contributed by atoms with van der Waals surface area (Å²) in [7, 11) is 1.90. The van der Waals surface area contributed by atoms with Gasteiger partial charge in [0.05, 0.1) is 13.2 Å². The zero-order valence-corrected chi connectivity index (χ0v) is 7.10. The lowest BCUT2D eigenvalue weighted by molar-refractivity contribution is 0.121. The maximum atomic E-state index is 5.24. The molecule has 0 spiro atoms. The van der Waals surface area contributed by atoms with Crippen molar-refractivity contribution < 1.29 is 4.74 Å². The summed E-state index contributed by atoms with van der Waals surface area (Å²) in [6.45, 7) is 3.39. The third-order valence-electron chi connectivity index (χ3n) is 1.98. The van der Waals surface area contributed by atoms with Crippen molar-refractivity contribution >= 4 is 5.95 Å². The molecule has 5 nitrogen and oxygen atoms in total. The second-order valence-electron chi connectivity index (χ2n) is 2.78. The summed E-state index contributed by atoms with van der Waals surface area (Å²) in [6, 6.07) is 0. The lowest BCUT2D eigenvalue weighted by atomic mass is 10.4. The number of nitrogens with zero attached hydrogens (tertiary/aromatic N) is 4. The maximum Gasteiger partial charge on any atom is 0.223 e. The highest BCUT2D eigenvalue weighted by Gasteiger charge is 2.14. The van der Waals surface area contributed by atoms with Crippen molar-refractivity contribution in [1.82, 2.24) is 14.8 Å². The Balaban J connectivity index is 2.13. The third kappa shape index (κ3) is 1.27. The number of morpholine rings is 1. The molecule has 2 heterocycles. The van der Waals surface area contributed by atoms with Crippen LogP contribution in [0.5, 0.6) is 0 Å². The summed E-state index contributed by atoms with van der Waals surface area (Å²) in [5, 5.41) is 4.01. The molecule has 0 aliphatic carbocycles. The first-order valence-electron chi connectivity index (χ1n) is 4.04. The van der Waals surface area contributed by atoms with Crippen LogP contribution >= 0.6 is 0 Å². The highest BCUT2D eigenvalue weighted by molar-refractivity contribution is 5.28. The molecule has 0 aromatic carbocycles. The topological polar surface area (TPSA) is 43.2 Å². The smallest absolute Gasteiger partial charge is 0.223 e. The summed E-state index contributed by atoms with van der Waals surface area (Å²) < 4.78 is 7.02. The molecule has 1 aromatic rings. The van der Waals surface area contributed by atoms with Gasteiger partial charge in [-0.3, -0.25) is 0 Å². The fourth-order valence-corrected chi connectivity index (χ4v) is 1.34. The van der Waals surface area contributed by atoms with E-state index >= 15 is 0 Å². The van der Waals surface area contributed by atoms with Gasteiger partial charge in [-0.2, -0.15) is 10.1 Å². The van der Waals surface area contributed by atoms with Gasteiger partial charge in [0, 0.05) is 20.1 Å². The Labute approximate surface area is 71.0 Å². The van der Waals surface area contributed by atoms with Crippen molar-refractivity contribution in [2.24, 2.45) is 7.05 Å². The Bertz CT molecular complexity index is 254. The van der Waals surface area contributed by atoms with Crippen LogP contribution in [0.15, 0.2) is 6.33 Å². The third-order valence-corrected chi connectivity index (χ3v) is 1.98. The molecular formula is C7H12N4O. The van der Waals surface area contributed by atoms with Gasteiger partial charge < -0.3 is 9.64 Å². The van der Waals surface area contributed by atoms with E-state index in [0.29, 0.717) is 0 Å². The van der Waals surface area contributed by atoms with E-state index < -0.39 is 0 Å². The number of hydrogen-bond acceptors (Lipinski definition) is 4. The van der Waals surface area contributed by atoms with Crippen LogP contribution in [0.3, 0.4) is 0 Å². The zero-order chi connectivity index (χ0) is 8.39. The minimum Gasteiger partial charge on any atom is -0.378 e. The van der Waals surface area contributed by atoms with Crippen molar-refractivity contribution in [3.05, 3.63) is 6.33 Å². The summed E-state index contributed by atoms with van der Waals surface area (Å²) in [5.74, 6) is 0.929. The second kappa shape index (κ2) is 3.10. The van der Waals surface area contributed by atoms with Crippen LogP contribution in [0.25, 0.3) is 0 Å². The molecule has 1 fully saturated rings. The first-order valence-corrected chi connectivity index (χ1v) is 4.04. The van der Waals surface area contributed by atoms with Crippen molar-refractivity contribution in [1.29, 1.82) is 0 Å². The van der Waals surface area contributed by atoms with Crippen molar-refractivity contribution in [3.8, 4) is 0 Å². The molecular weight excluding hydrogens is 156 g/mol. The fourth-order valence-electron chi connectivity index (χ4n) is 1.34. The molecule has 0 N–H and O–H groups in total. The number of aryl methyl sites for hydroxylation is 1. The van der Waals surface area contributed by atoms with E-state index in [1.165, 1.54) is 0 Å². The summed E-state index contributed by atoms with van der Waals surface area (Å²) in [4.78, 5) is 6.34.